The first-order valence-electron chi connectivity index (χ1n) is 4.84. The van der Waals surface area contributed by atoms with Crippen LogP contribution in [-0.4, -0.2) is 20.4 Å². The fourth-order valence-electron chi connectivity index (χ4n) is 1.22. The number of halogens is 3. The minimum Gasteiger partial charge on any atom is -0.493 e. The zero-order valence-electron chi connectivity index (χ0n) is 8.93. The van der Waals surface area contributed by atoms with E-state index in [1.54, 1.807) is 7.11 Å². The molecule has 0 atom stereocenters. The standard InChI is InChI=1S/C11H13Br2FO2/c1-15-10-6-8(7-12)5-9(13)11(10)16-4-2-3-14/h5-6H,2-4,7H2,1H3. The SMILES string of the molecule is COc1cc(CBr)cc(Br)c1OCCCF. The molecule has 0 saturated heterocycles. The number of hydrogen-bond acceptors (Lipinski definition) is 2. The van der Waals surface area contributed by atoms with Gasteiger partial charge in [0.25, 0.3) is 0 Å². The Morgan fingerprint density at radius 3 is 2.69 bits per heavy atom. The molecule has 0 radical (unpaired) electrons. The van der Waals surface area contributed by atoms with Gasteiger partial charge >= 0.3 is 0 Å². The van der Waals surface area contributed by atoms with Crippen molar-refractivity contribution in [3.05, 3.63) is 22.2 Å². The van der Waals surface area contributed by atoms with E-state index in [4.69, 9.17) is 9.47 Å². The Morgan fingerprint density at radius 1 is 1.38 bits per heavy atom. The van der Waals surface area contributed by atoms with Crippen molar-refractivity contribution in [2.24, 2.45) is 0 Å². The van der Waals surface area contributed by atoms with Crippen molar-refractivity contribution in [1.29, 1.82) is 0 Å². The van der Waals surface area contributed by atoms with E-state index in [0.29, 0.717) is 24.5 Å². The monoisotopic (exact) mass is 354 g/mol. The number of hydrogen-bond donors (Lipinski definition) is 0. The predicted octanol–water partition coefficient (Wildman–Crippen LogP) is 4.09. The minimum atomic E-state index is -0.376. The van der Waals surface area contributed by atoms with Crippen molar-refractivity contribution in [3.63, 3.8) is 0 Å². The number of alkyl halides is 2. The number of rotatable bonds is 6. The summed E-state index contributed by atoms with van der Waals surface area (Å²) in [6.45, 7) is -0.0292. The van der Waals surface area contributed by atoms with E-state index in [9.17, 15) is 4.39 Å². The topological polar surface area (TPSA) is 18.5 Å². The summed E-state index contributed by atoms with van der Waals surface area (Å²) in [4.78, 5) is 0. The number of benzene rings is 1. The van der Waals surface area contributed by atoms with Gasteiger partial charge in [0.1, 0.15) is 0 Å². The molecule has 0 spiro atoms. The van der Waals surface area contributed by atoms with Gasteiger partial charge < -0.3 is 9.47 Å². The molecule has 0 amide bonds. The van der Waals surface area contributed by atoms with E-state index in [1.165, 1.54) is 0 Å². The maximum atomic E-state index is 12.0. The van der Waals surface area contributed by atoms with Gasteiger partial charge in [0.2, 0.25) is 0 Å². The Morgan fingerprint density at radius 2 is 2.12 bits per heavy atom. The summed E-state index contributed by atoms with van der Waals surface area (Å²) in [5.41, 5.74) is 1.08. The van der Waals surface area contributed by atoms with Crippen molar-refractivity contribution in [3.8, 4) is 11.5 Å². The van der Waals surface area contributed by atoms with Gasteiger partial charge in [0.15, 0.2) is 11.5 Å². The van der Waals surface area contributed by atoms with Crippen LogP contribution in [0.5, 0.6) is 11.5 Å². The Bertz CT molecular complexity index is 345. The Balaban J connectivity index is 2.88. The fourth-order valence-corrected chi connectivity index (χ4v) is 2.15. The summed E-state index contributed by atoms with van der Waals surface area (Å²) in [5.74, 6) is 1.28. The van der Waals surface area contributed by atoms with Crippen LogP contribution in [0.2, 0.25) is 0 Å². The van der Waals surface area contributed by atoms with Crippen LogP contribution in [0.1, 0.15) is 12.0 Å². The molecule has 0 aliphatic rings. The molecule has 0 N–H and O–H groups in total. The lowest BCUT2D eigenvalue weighted by Gasteiger charge is -2.13. The van der Waals surface area contributed by atoms with Crippen LogP contribution >= 0.6 is 31.9 Å². The van der Waals surface area contributed by atoms with Crippen LogP contribution in [0.4, 0.5) is 4.39 Å². The highest BCUT2D eigenvalue weighted by Gasteiger charge is 2.11. The third-order valence-electron chi connectivity index (χ3n) is 1.97. The molecule has 5 heteroatoms. The Labute approximate surface area is 111 Å². The zero-order chi connectivity index (χ0) is 12.0. The van der Waals surface area contributed by atoms with Crippen LogP contribution in [0.25, 0.3) is 0 Å². The molecule has 1 aromatic rings. The van der Waals surface area contributed by atoms with Crippen molar-refractivity contribution in [2.45, 2.75) is 11.8 Å². The van der Waals surface area contributed by atoms with Gasteiger partial charge in [-0.2, -0.15) is 0 Å². The van der Waals surface area contributed by atoms with Gasteiger partial charge in [-0.15, -0.1) is 0 Å². The first-order valence-corrected chi connectivity index (χ1v) is 6.75. The summed E-state index contributed by atoms with van der Waals surface area (Å²) < 4.78 is 23.5. The molecule has 16 heavy (non-hydrogen) atoms. The molecule has 1 aromatic carbocycles. The second-order valence-electron chi connectivity index (χ2n) is 3.13. The maximum Gasteiger partial charge on any atom is 0.175 e. The van der Waals surface area contributed by atoms with E-state index >= 15 is 0 Å². The molecule has 90 valence electrons. The quantitative estimate of drug-likeness (QED) is 0.565. The van der Waals surface area contributed by atoms with Crippen molar-refractivity contribution in [1.82, 2.24) is 0 Å². The molecular weight excluding hydrogens is 343 g/mol. The second-order valence-corrected chi connectivity index (χ2v) is 4.55. The molecule has 1 rings (SSSR count). The smallest absolute Gasteiger partial charge is 0.175 e. The van der Waals surface area contributed by atoms with E-state index in [1.807, 2.05) is 12.1 Å². The van der Waals surface area contributed by atoms with Crippen molar-refractivity contribution < 1.29 is 13.9 Å². The summed E-state index contributed by atoms with van der Waals surface area (Å²) >= 11 is 6.79. The third-order valence-corrected chi connectivity index (χ3v) is 3.20. The second kappa shape index (κ2) is 7.12. The minimum absolute atomic E-state index is 0.346. The first kappa shape index (κ1) is 13.8. The van der Waals surface area contributed by atoms with Gasteiger partial charge in [-0.3, -0.25) is 4.39 Å². The van der Waals surface area contributed by atoms with Gasteiger partial charge in [-0.05, 0) is 33.6 Å². The zero-order valence-corrected chi connectivity index (χ0v) is 12.1. The van der Waals surface area contributed by atoms with Gasteiger partial charge in [0.05, 0.1) is 24.9 Å². The normalized spacial score (nSPS) is 10.2. The number of methoxy groups -OCH3 is 1. The van der Waals surface area contributed by atoms with Crippen molar-refractivity contribution >= 4 is 31.9 Å². The fraction of sp³-hybridized carbons (Fsp3) is 0.455. The van der Waals surface area contributed by atoms with Gasteiger partial charge in [-0.25, -0.2) is 0 Å². The molecule has 0 fully saturated rings. The van der Waals surface area contributed by atoms with E-state index in [-0.39, 0.29) is 6.67 Å². The lowest BCUT2D eigenvalue weighted by Crippen LogP contribution is -2.01. The summed E-state index contributed by atoms with van der Waals surface area (Å²) in [6, 6.07) is 3.84. The van der Waals surface area contributed by atoms with Gasteiger partial charge in [-0.1, -0.05) is 15.9 Å². The van der Waals surface area contributed by atoms with Gasteiger partial charge in [0, 0.05) is 11.8 Å². The Kier molecular flexibility index (Phi) is 6.13. The molecule has 0 bridgehead atoms. The van der Waals surface area contributed by atoms with Crippen LogP contribution < -0.4 is 9.47 Å². The molecule has 0 unspecified atom stereocenters. The lowest BCUT2D eigenvalue weighted by molar-refractivity contribution is 0.272. The summed E-state index contributed by atoms with van der Waals surface area (Å²) in [7, 11) is 1.59. The molecule has 0 heterocycles. The molecular formula is C11H13Br2FO2. The van der Waals surface area contributed by atoms with E-state index < -0.39 is 0 Å². The maximum absolute atomic E-state index is 12.0. The highest BCUT2D eigenvalue weighted by atomic mass is 79.9. The molecule has 0 aliphatic heterocycles. The van der Waals surface area contributed by atoms with Crippen LogP contribution in [-0.2, 0) is 5.33 Å². The van der Waals surface area contributed by atoms with E-state index in [2.05, 4.69) is 31.9 Å². The molecule has 0 aliphatic carbocycles. The average Bonchev–Trinajstić information content (AvgIpc) is 2.30. The third kappa shape index (κ3) is 3.63. The first-order chi connectivity index (χ1) is 7.72. The molecule has 0 saturated carbocycles. The van der Waals surface area contributed by atoms with Crippen LogP contribution in [0.3, 0.4) is 0 Å². The summed E-state index contributed by atoms with van der Waals surface area (Å²) in [6.07, 6.45) is 0.385. The van der Waals surface area contributed by atoms with Crippen LogP contribution in [0.15, 0.2) is 16.6 Å². The van der Waals surface area contributed by atoms with Crippen molar-refractivity contribution in [2.75, 3.05) is 20.4 Å². The predicted molar refractivity (Wildman–Crippen MR) is 69.4 cm³/mol. The van der Waals surface area contributed by atoms with Crippen LogP contribution in [0, 0.1) is 0 Å². The highest BCUT2D eigenvalue weighted by Crippen LogP contribution is 2.37. The average molecular weight is 356 g/mol. The summed E-state index contributed by atoms with van der Waals surface area (Å²) in [5, 5.41) is 0.743. The molecule has 0 aromatic heterocycles. The lowest BCUT2D eigenvalue weighted by atomic mass is 10.2. The Hall–Kier alpha value is -0.290. The number of ether oxygens (including phenoxy) is 2. The highest BCUT2D eigenvalue weighted by molar-refractivity contribution is 9.10. The molecule has 2 nitrogen and oxygen atoms in total. The largest absolute Gasteiger partial charge is 0.493 e. The van der Waals surface area contributed by atoms with E-state index in [0.717, 1.165) is 15.4 Å².